The minimum atomic E-state index is -0.408. The third-order valence-corrected chi connectivity index (χ3v) is 3.60. The van der Waals surface area contributed by atoms with Crippen LogP contribution in [0.15, 0.2) is 49.2 Å². The number of anilines is 1. The number of ether oxygens (including phenoxy) is 1. The van der Waals surface area contributed by atoms with Crippen molar-refractivity contribution in [3.63, 3.8) is 0 Å². The van der Waals surface area contributed by atoms with Crippen molar-refractivity contribution >= 4 is 23.2 Å². The molecule has 126 valence electrons. The highest BCUT2D eigenvalue weighted by molar-refractivity contribution is 6.31. The van der Waals surface area contributed by atoms with Gasteiger partial charge in [-0.1, -0.05) is 23.8 Å². The fraction of sp³-hybridized carbons (Fsp3) is 0.222. The molecule has 0 bridgehead atoms. The molecule has 0 atom stereocenters. The van der Waals surface area contributed by atoms with Gasteiger partial charge >= 0.3 is 0 Å². The average molecular weight is 346 g/mol. The van der Waals surface area contributed by atoms with Crippen LogP contribution in [0.1, 0.15) is 5.56 Å². The summed E-state index contributed by atoms with van der Waals surface area (Å²) in [5.41, 5.74) is 1.42. The number of hydrogen-bond donors (Lipinski definition) is 1. The molecule has 1 N–H and O–H groups in total. The van der Waals surface area contributed by atoms with Crippen LogP contribution in [0.5, 0.6) is 5.75 Å². The van der Waals surface area contributed by atoms with Crippen molar-refractivity contribution in [2.24, 2.45) is 0 Å². The summed E-state index contributed by atoms with van der Waals surface area (Å²) in [6.07, 6.45) is 4.54. The second-order valence-electron chi connectivity index (χ2n) is 4.90. The van der Waals surface area contributed by atoms with Gasteiger partial charge in [0.15, 0.2) is 0 Å². The molecule has 0 aliphatic rings. The number of carbonyl (C=O) groups excluding carboxylic acids is 1. The SMILES string of the molecule is C=CCN(CC=C)C(=O)/C(C#N)=C\Nc1cc(C)c(Cl)cc1OC. The fourth-order valence-electron chi connectivity index (χ4n) is 1.96. The van der Waals surface area contributed by atoms with E-state index in [4.69, 9.17) is 16.3 Å². The maximum atomic E-state index is 12.4. The van der Waals surface area contributed by atoms with E-state index < -0.39 is 5.91 Å². The summed E-state index contributed by atoms with van der Waals surface area (Å²) >= 11 is 6.06. The maximum absolute atomic E-state index is 12.4. The van der Waals surface area contributed by atoms with Crippen molar-refractivity contribution in [3.05, 3.63) is 59.8 Å². The van der Waals surface area contributed by atoms with E-state index in [0.717, 1.165) is 5.56 Å². The minimum Gasteiger partial charge on any atom is -0.495 e. The van der Waals surface area contributed by atoms with Crippen LogP contribution in [-0.4, -0.2) is 31.0 Å². The summed E-state index contributed by atoms with van der Waals surface area (Å²) in [7, 11) is 1.52. The highest BCUT2D eigenvalue weighted by Crippen LogP contribution is 2.31. The number of aryl methyl sites for hydroxylation is 1. The van der Waals surface area contributed by atoms with Gasteiger partial charge in [-0.25, -0.2) is 0 Å². The van der Waals surface area contributed by atoms with Gasteiger partial charge in [0.05, 0.1) is 12.8 Å². The molecule has 0 spiro atoms. The quantitative estimate of drug-likeness (QED) is 0.443. The molecule has 0 aliphatic carbocycles. The molecule has 5 nitrogen and oxygen atoms in total. The number of amides is 1. The first-order valence-corrected chi connectivity index (χ1v) is 7.58. The molecule has 0 unspecified atom stereocenters. The Balaban J connectivity index is 3.07. The zero-order valence-corrected chi connectivity index (χ0v) is 14.6. The van der Waals surface area contributed by atoms with Crippen molar-refractivity contribution in [3.8, 4) is 11.8 Å². The number of benzene rings is 1. The molecule has 1 aromatic rings. The summed E-state index contributed by atoms with van der Waals surface area (Å²) in [6.45, 7) is 9.72. The van der Waals surface area contributed by atoms with Gasteiger partial charge in [0.25, 0.3) is 5.91 Å². The van der Waals surface area contributed by atoms with Crippen molar-refractivity contribution in [1.82, 2.24) is 4.90 Å². The third kappa shape index (κ3) is 4.90. The number of nitrogens with one attached hydrogen (secondary N) is 1. The molecular weight excluding hydrogens is 326 g/mol. The van der Waals surface area contributed by atoms with Crippen molar-refractivity contribution in [1.29, 1.82) is 5.26 Å². The Morgan fingerprint density at radius 3 is 2.54 bits per heavy atom. The normalized spacial score (nSPS) is 10.5. The van der Waals surface area contributed by atoms with Crippen LogP contribution >= 0.6 is 11.6 Å². The summed E-state index contributed by atoms with van der Waals surface area (Å²) < 4.78 is 5.25. The van der Waals surface area contributed by atoms with E-state index in [9.17, 15) is 10.1 Å². The van der Waals surface area contributed by atoms with E-state index in [0.29, 0.717) is 29.5 Å². The molecule has 0 fully saturated rings. The summed E-state index contributed by atoms with van der Waals surface area (Å²) in [5.74, 6) is 0.107. The Kier molecular flexibility index (Phi) is 7.60. The molecule has 0 heterocycles. The fourth-order valence-corrected chi connectivity index (χ4v) is 2.11. The van der Waals surface area contributed by atoms with E-state index in [-0.39, 0.29) is 5.57 Å². The Morgan fingerprint density at radius 1 is 1.42 bits per heavy atom. The number of nitrogens with zero attached hydrogens (tertiary/aromatic N) is 2. The van der Waals surface area contributed by atoms with Crippen LogP contribution in [0, 0.1) is 18.3 Å². The molecule has 1 amide bonds. The van der Waals surface area contributed by atoms with Gasteiger partial charge in [-0.3, -0.25) is 4.79 Å². The topological polar surface area (TPSA) is 65.4 Å². The monoisotopic (exact) mass is 345 g/mol. The summed E-state index contributed by atoms with van der Waals surface area (Å²) in [5, 5.41) is 12.8. The van der Waals surface area contributed by atoms with Crippen LogP contribution in [0.3, 0.4) is 0 Å². The number of hydrogen-bond acceptors (Lipinski definition) is 4. The van der Waals surface area contributed by atoms with Gasteiger partial charge in [0.1, 0.15) is 17.4 Å². The second-order valence-corrected chi connectivity index (χ2v) is 5.31. The lowest BCUT2D eigenvalue weighted by molar-refractivity contribution is -0.125. The van der Waals surface area contributed by atoms with E-state index in [1.807, 2.05) is 13.0 Å². The van der Waals surface area contributed by atoms with Gasteiger partial charge in [-0.15, -0.1) is 13.2 Å². The van der Waals surface area contributed by atoms with E-state index in [2.05, 4.69) is 18.5 Å². The summed E-state index contributed by atoms with van der Waals surface area (Å²) in [6, 6.07) is 5.35. The van der Waals surface area contributed by atoms with Crippen LogP contribution in [0.4, 0.5) is 5.69 Å². The summed E-state index contributed by atoms with van der Waals surface area (Å²) in [4.78, 5) is 13.9. The lowest BCUT2D eigenvalue weighted by Gasteiger charge is -2.18. The Labute approximate surface area is 147 Å². The van der Waals surface area contributed by atoms with Gasteiger partial charge < -0.3 is 15.0 Å². The van der Waals surface area contributed by atoms with Crippen molar-refractivity contribution in [2.45, 2.75) is 6.92 Å². The first-order chi connectivity index (χ1) is 11.5. The molecule has 1 rings (SSSR count). The first kappa shape index (κ1) is 19.3. The zero-order chi connectivity index (χ0) is 18.1. The zero-order valence-electron chi connectivity index (χ0n) is 13.8. The van der Waals surface area contributed by atoms with Crippen LogP contribution in [0.2, 0.25) is 5.02 Å². The molecule has 0 saturated heterocycles. The molecule has 1 aromatic carbocycles. The molecule has 6 heteroatoms. The van der Waals surface area contributed by atoms with Crippen molar-refractivity contribution in [2.75, 3.05) is 25.5 Å². The standard InChI is InChI=1S/C18H20ClN3O2/c1-5-7-22(8-6-2)18(23)14(11-20)12-21-16-9-13(3)15(19)10-17(16)24-4/h5-6,9-10,12,21H,1-2,7-8H2,3-4H3/b14-12-. The predicted molar refractivity (Wildman–Crippen MR) is 97.0 cm³/mol. The average Bonchev–Trinajstić information content (AvgIpc) is 2.57. The van der Waals surface area contributed by atoms with Gasteiger partial charge in [0, 0.05) is 30.4 Å². The lowest BCUT2D eigenvalue weighted by Crippen LogP contribution is -2.32. The number of halogens is 1. The largest absolute Gasteiger partial charge is 0.495 e. The van der Waals surface area contributed by atoms with E-state index >= 15 is 0 Å². The lowest BCUT2D eigenvalue weighted by atomic mass is 10.2. The first-order valence-electron chi connectivity index (χ1n) is 7.20. The molecule has 0 aliphatic heterocycles. The van der Waals surface area contributed by atoms with E-state index in [1.165, 1.54) is 18.2 Å². The third-order valence-electron chi connectivity index (χ3n) is 3.19. The molecule has 0 aromatic heterocycles. The number of nitriles is 1. The number of carbonyl (C=O) groups is 1. The predicted octanol–water partition coefficient (Wildman–Crippen LogP) is 3.68. The molecule has 0 radical (unpaired) electrons. The molecule has 0 saturated carbocycles. The van der Waals surface area contributed by atoms with Crippen molar-refractivity contribution < 1.29 is 9.53 Å². The van der Waals surface area contributed by atoms with E-state index in [1.54, 1.807) is 24.3 Å². The van der Waals surface area contributed by atoms with Crippen LogP contribution in [-0.2, 0) is 4.79 Å². The Bertz CT molecular complexity index is 695. The second kappa shape index (κ2) is 9.43. The van der Waals surface area contributed by atoms with Gasteiger partial charge in [0.2, 0.25) is 0 Å². The van der Waals surface area contributed by atoms with Crippen LogP contribution in [0.25, 0.3) is 0 Å². The number of methoxy groups -OCH3 is 1. The number of rotatable bonds is 8. The van der Waals surface area contributed by atoms with Gasteiger partial charge in [-0.05, 0) is 18.6 Å². The molecular formula is C18H20ClN3O2. The smallest absolute Gasteiger partial charge is 0.266 e. The maximum Gasteiger partial charge on any atom is 0.266 e. The highest BCUT2D eigenvalue weighted by atomic mass is 35.5. The Hall–Kier alpha value is -2.71. The minimum absolute atomic E-state index is 0.0339. The van der Waals surface area contributed by atoms with Crippen LogP contribution < -0.4 is 10.1 Å². The highest BCUT2D eigenvalue weighted by Gasteiger charge is 2.16. The Morgan fingerprint density at radius 2 is 2.04 bits per heavy atom. The molecule has 24 heavy (non-hydrogen) atoms. The van der Waals surface area contributed by atoms with Gasteiger partial charge in [-0.2, -0.15) is 5.26 Å².